The third-order valence-corrected chi connectivity index (χ3v) is 6.05. The predicted molar refractivity (Wildman–Crippen MR) is 116 cm³/mol. The Morgan fingerprint density at radius 3 is 2.73 bits per heavy atom. The van der Waals surface area contributed by atoms with Crippen LogP contribution in [0.1, 0.15) is 56.3 Å². The molecule has 30 heavy (non-hydrogen) atoms. The third-order valence-electron chi connectivity index (χ3n) is 6.05. The summed E-state index contributed by atoms with van der Waals surface area (Å²) < 4.78 is 12.5. The van der Waals surface area contributed by atoms with E-state index in [9.17, 15) is 4.79 Å². The van der Waals surface area contributed by atoms with Gasteiger partial charge in [0.25, 0.3) is 5.95 Å². The molecule has 1 aliphatic rings. The smallest absolute Gasteiger partial charge is 0.449 e. The zero-order valence-electron chi connectivity index (χ0n) is 17.5. The van der Waals surface area contributed by atoms with Crippen LogP contribution in [0, 0.1) is 0 Å². The molecule has 3 heterocycles. The van der Waals surface area contributed by atoms with Gasteiger partial charge < -0.3 is 18.8 Å². The molecule has 0 bridgehead atoms. The van der Waals surface area contributed by atoms with E-state index in [1.54, 1.807) is 12.1 Å². The van der Waals surface area contributed by atoms with Crippen molar-refractivity contribution in [1.29, 1.82) is 0 Å². The lowest BCUT2D eigenvalue weighted by Gasteiger charge is -2.31. The number of para-hydroxylation sites is 1. The number of rotatable bonds is 8. The number of carboxylic acid groups (broad SMARTS) is 1. The summed E-state index contributed by atoms with van der Waals surface area (Å²) in [6.45, 7) is 6.00. The first kappa shape index (κ1) is 20.5. The number of piperidine rings is 1. The number of furan rings is 1. The Kier molecular flexibility index (Phi) is 6.43. The number of benzene rings is 1. The van der Waals surface area contributed by atoms with E-state index in [2.05, 4.69) is 51.6 Å². The Bertz CT molecular complexity index is 982. The fourth-order valence-corrected chi connectivity index (χ4v) is 4.52. The molecule has 1 aromatic carbocycles. The number of hydrogen-bond donors (Lipinski definition) is 1. The number of unbranched alkanes of at least 4 members (excludes halogenated alkanes) is 2. The molecule has 6 heteroatoms. The van der Waals surface area contributed by atoms with Crippen molar-refractivity contribution >= 4 is 17.1 Å². The second kappa shape index (κ2) is 9.39. The average molecular weight is 411 g/mol. The van der Waals surface area contributed by atoms with Gasteiger partial charge in [0.1, 0.15) is 5.76 Å². The second-order valence-corrected chi connectivity index (χ2v) is 8.14. The summed E-state index contributed by atoms with van der Waals surface area (Å²) in [4.78, 5) is 13.0. The minimum atomic E-state index is -1.36. The molecule has 1 saturated heterocycles. The number of ether oxygens (including phenoxy) is 1. The minimum absolute atomic E-state index is 0.0308. The largest absolute Gasteiger partial charge is 0.513 e. The Balaban J connectivity index is 1.39. The lowest BCUT2D eigenvalue weighted by atomic mass is 9.89. The van der Waals surface area contributed by atoms with E-state index in [0.717, 1.165) is 38.2 Å². The second-order valence-electron chi connectivity index (χ2n) is 8.14. The Hall–Kier alpha value is -2.73. The van der Waals surface area contributed by atoms with Crippen LogP contribution in [-0.2, 0) is 13.1 Å². The molecule has 1 aliphatic heterocycles. The molecule has 0 unspecified atom stereocenters. The van der Waals surface area contributed by atoms with Gasteiger partial charge in [-0.25, -0.2) is 4.79 Å². The molecule has 1 N–H and O–H groups in total. The van der Waals surface area contributed by atoms with Crippen molar-refractivity contribution in [3.63, 3.8) is 0 Å². The predicted octanol–water partition coefficient (Wildman–Crippen LogP) is 5.86. The van der Waals surface area contributed by atoms with Crippen LogP contribution in [0.4, 0.5) is 4.79 Å². The fraction of sp³-hybridized carbons (Fsp3) is 0.458. The van der Waals surface area contributed by atoms with Crippen molar-refractivity contribution in [2.75, 3.05) is 13.1 Å². The van der Waals surface area contributed by atoms with Crippen LogP contribution in [0.2, 0.25) is 0 Å². The summed E-state index contributed by atoms with van der Waals surface area (Å²) in [7, 11) is 0. The zero-order valence-corrected chi connectivity index (χ0v) is 17.5. The molecule has 0 aliphatic carbocycles. The van der Waals surface area contributed by atoms with Crippen LogP contribution in [0.25, 0.3) is 10.9 Å². The van der Waals surface area contributed by atoms with Crippen molar-refractivity contribution in [2.24, 2.45) is 0 Å². The van der Waals surface area contributed by atoms with Crippen molar-refractivity contribution in [1.82, 2.24) is 9.47 Å². The summed E-state index contributed by atoms with van der Waals surface area (Å²) in [6, 6.07) is 12.1. The van der Waals surface area contributed by atoms with Gasteiger partial charge in [0, 0.05) is 29.7 Å². The number of fused-ring (bicyclic) bond motifs is 1. The summed E-state index contributed by atoms with van der Waals surface area (Å²) in [5, 5.41) is 10.1. The molecule has 0 saturated carbocycles. The fourth-order valence-electron chi connectivity index (χ4n) is 4.52. The van der Waals surface area contributed by atoms with E-state index in [1.165, 1.54) is 35.7 Å². The maximum Gasteiger partial charge on any atom is 0.513 e. The first-order chi connectivity index (χ1) is 14.6. The third kappa shape index (κ3) is 4.70. The normalized spacial score (nSPS) is 15.6. The van der Waals surface area contributed by atoms with Crippen LogP contribution < -0.4 is 4.74 Å². The van der Waals surface area contributed by atoms with Crippen LogP contribution in [0.3, 0.4) is 0 Å². The monoisotopic (exact) mass is 410 g/mol. The van der Waals surface area contributed by atoms with Crippen molar-refractivity contribution in [3.8, 4) is 5.95 Å². The number of aryl methyl sites for hydroxylation is 1. The Morgan fingerprint density at radius 2 is 1.97 bits per heavy atom. The van der Waals surface area contributed by atoms with E-state index in [1.807, 2.05) is 0 Å². The van der Waals surface area contributed by atoms with Crippen molar-refractivity contribution in [2.45, 2.75) is 58.0 Å². The van der Waals surface area contributed by atoms with Gasteiger partial charge in [-0.05, 0) is 56.0 Å². The number of likely N-dealkylation sites (tertiary alicyclic amines) is 1. The molecule has 160 valence electrons. The Labute approximate surface area is 177 Å². The molecule has 0 spiro atoms. The van der Waals surface area contributed by atoms with Gasteiger partial charge >= 0.3 is 6.16 Å². The highest BCUT2D eigenvalue weighted by Gasteiger charge is 2.24. The van der Waals surface area contributed by atoms with Crippen LogP contribution in [0.15, 0.2) is 47.0 Å². The number of nitrogens with zero attached hydrogens (tertiary/aromatic N) is 2. The molecule has 0 amide bonds. The van der Waals surface area contributed by atoms with E-state index in [0.29, 0.717) is 12.5 Å². The van der Waals surface area contributed by atoms with Gasteiger partial charge in [-0.1, -0.05) is 38.0 Å². The van der Waals surface area contributed by atoms with E-state index in [-0.39, 0.29) is 5.95 Å². The average Bonchev–Trinajstić information content (AvgIpc) is 3.33. The van der Waals surface area contributed by atoms with Gasteiger partial charge in [-0.2, -0.15) is 0 Å². The van der Waals surface area contributed by atoms with Gasteiger partial charge in [0.15, 0.2) is 0 Å². The van der Waals surface area contributed by atoms with E-state index >= 15 is 0 Å². The summed E-state index contributed by atoms with van der Waals surface area (Å²) in [5.41, 5.74) is 2.84. The van der Waals surface area contributed by atoms with Crippen LogP contribution in [0.5, 0.6) is 5.95 Å². The first-order valence-corrected chi connectivity index (χ1v) is 10.9. The maximum atomic E-state index is 10.6. The highest BCUT2D eigenvalue weighted by Crippen LogP contribution is 2.35. The first-order valence-electron chi connectivity index (χ1n) is 10.9. The summed E-state index contributed by atoms with van der Waals surface area (Å²) >= 11 is 0. The Morgan fingerprint density at radius 1 is 1.17 bits per heavy atom. The minimum Gasteiger partial charge on any atom is -0.449 e. The quantitative estimate of drug-likeness (QED) is 0.372. The lowest BCUT2D eigenvalue weighted by molar-refractivity contribution is 0.129. The molecule has 6 nitrogen and oxygen atoms in total. The molecule has 2 aromatic heterocycles. The maximum absolute atomic E-state index is 10.6. The SMILES string of the molecule is CCCCCn1cc(C2CCN(Cc3ccc(OC(=O)O)o3)CC2)c2ccccc21. The number of aromatic nitrogens is 1. The molecular formula is C24H30N2O4. The summed E-state index contributed by atoms with van der Waals surface area (Å²) in [5.74, 6) is 1.33. The lowest BCUT2D eigenvalue weighted by Crippen LogP contribution is -2.32. The standard InChI is InChI=1S/C24H30N2O4/c1-2-3-6-13-26-17-21(20-7-4-5-8-22(20)26)18-11-14-25(15-12-18)16-19-9-10-23(29-19)30-24(27)28/h4-5,7-10,17-18H,2-3,6,11-16H2,1H3,(H,27,28). The molecule has 4 rings (SSSR count). The van der Waals surface area contributed by atoms with Crippen molar-refractivity contribution in [3.05, 3.63) is 53.9 Å². The molecule has 0 atom stereocenters. The topological polar surface area (TPSA) is 67.8 Å². The van der Waals surface area contributed by atoms with Gasteiger partial charge in [0.2, 0.25) is 0 Å². The van der Waals surface area contributed by atoms with Crippen molar-refractivity contribution < 1.29 is 19.1 Å². The molecule has 0 radical (unpaired) electrons. The molecule has 3 aromatic rings. The highest BCUT2D eigenvalue weighted by atomic mass is 16.7. The molecule has 1 fully saturated rings. The van der Waals surface area contributed by atoms with Crippen LogP contribution in [-0.4, -0.2) is 33.8 Å². The summed E-state index contributed by atoms with van der Waals surface area (Å²) in [6.07, 6.45) is 7.00. The number of hydrogen-bond acceptors (Lipinski definition) is 4. The van der Waals surface area contributed by atoms with Gasteiger partial charge in [-0.15, -0.1) is 0 Å². The van der Waals surface area contributed by atoms with E-state index in [4.69, 9.17) is 9.52 Å². The number of carbonyl (C=O) groups is 1. The highest BCUT2D eigenvalue weighted by molar-refractivity contribution is 5.84. The molecular weight excluding hydrogens is 380 g/mol. The van der Waals surface area contributed by atoms with Gasteiger partial charge in [0.05, 0.1) is 6.54 Å². The van der Waals surface area contributed by atoms with E-state index < -0.39 is 6.16 Å². The van der Waals surface area contributed by atoms with Crippen LogP contribution >= 0.6 is 0 Å². The van der Waals surface area contributed by atoms with Gasteiger partial charge in [-0.3, -0.25) is 4.90 Å². The zero-order chi connectivity index (χ0) is 20.9.